The number of likely N-dealkylation sites (tertiary alicyclic amines) is 1. The summed E-state index contributed by atoms with van der Waals surface area (Å²) >= 11 is 0. The molecule has 0 spiro atoms. The van der Waals surface area contributed by atoms with Gasteiger partial charge in [-0.25, -0.2) is 0 Å². The van der Waals surface area contributed by atoms with Gasteiger partial charge in [-0.2, -0.15) is 0 Å². The predicted octanol–water partition coefficient (Wildman–Crippen LogP) is 4.55. The first-order chi connectivity index (χ1) is 14.3. The van der Waals surface area contributed by atoms with Crippen LogP contribution in [0.2, 0.25) is 0 Å². The van der Waals surface area contributed by atoms with Gasteiger partial charge in [-0.05, 0) is 67.5 Å². The van der Waals surface area contributed by atoms with E-state index in [0.29, 0.717) is 17.7 Å². The van der Waals surface area contributed by atoms with Crippen LogP contribution in [-0.4, -0.2) is 66.8 Å². The van der Waals surface area contributed by atoms with Gasteiger partial charge in [0.1, 0.15) is 5.75 Å². The van der Waals surface area contributed by atoms with E-state index in [1.165, 1.54) is 55.7 Å². The number of nitrogens with zero attached hydrogens (tertiary/aromatic N) is 3. The van der Waals surface area contributed by atoms with Crippen molar-refractivity contribution in [2.45, 2.75) is 37.6 Å². The highest BCUT2D eigenvalue weighted by Gasteiger charge is 2.37. The van der Waals surface area contributed by atoms with Crippen LogP contribution in [0, 0.1) is 0 Å². The zero-order valence-electron chi connectivity index (χ0n) is 18.2. The zero-order chi connectivity index (χ0) is 19.6. The Morgan fingerprint density at radius 2 is 1.58 bits per heavy atom. The fourth-order valence-electron chi connectivity index (χ4n) is 5.79. The maximum atomic E-state index is 10.3. The molecule has 6 heteroatoms. The smallest absolute Gasteiger partial charge is 0.119 e. The Morgan fingerprint density at radius 1 is 0.806 bits per heavy atom. The van der Waals surface area contributed by atoms with Gasteiger partial charge in [-0.1, -0.05) is 30.3 Å². The lowest BCUT2D eigenvalue weighted by atomic mass is 9.74. The minimum absolute atomic E-state index is 0. The summed E-state index contributed by atoms with van der Waals surface area (Å²) in [5.74, 6) is 1.11. The molecule has 1 N–H and O–H groups in total. The molecule has 2 atom stereocenters. The van der Waals surface area contributed by atoms with Gasteiger partial charge in [-0.3, -0.25) is 9.80 Å². The van der Waals surface area contributed by atoms with Crippen molar-refractivity contribution >= 4 is 30.5 Å². The molecule has 31 heavy (non-hydrogen) atoms. The number of para-hydroxylation sites is 1. The van der Waals surface area contributed by atoms with Crippen molar-refractivity contribution in [3.8, 4) is 5.75 Å². The topological polar surface area (TPSA) is 30.0 Å². The number of phenolic OH excluding ortho intramolecular Hbond substituents is 1. The quantitative estimate of drug-likeness (QED) is 0.719. The second-order valence-electron chi connectivity index (χ2n) is 8.90. The Kier molecular flexibility index (Phi) is 8.51. The Hall–Kier alpha value is -1.46. The summed E-state index contributed by atoms with van der Waals surface area (Å²) in [5, 5.41) is 10.3. The van der Waals surface area contributed by atoms with Gasteiger partial charge in [0.15, 0.2) is 0 Å². The predicted molar refractivity (Wildman–Crippen MR) is 133 cm³/mol. The van der Waals surface area contributed by atoms with Crippen molar-refractivity contribution in [2.24, 2.45) is 0 Å². The van der Waals surface area contributed by atoms with E-state index in [2.05, 4.69) is 51.1 Å². The van der Waals surface area contributed by atoms with E-state index in [0.717, 1.165) is 32.6 Å². The number of hydrogen-bond acceptors (Lipinski definition) is 4. The molecule has 2 aromatic rings. The fraction of sp³-hybridized carbons (Fsp3) is 0.520. The molecular weight excluding hydrogens is 429 g/mol. The first kappa shape index (κ1) is 24.2. The third kappa shape index (κ3) is 5.14. The van der Waals surface area contributed by atoms with Crippen molar-refractivity contribution < 1.29 is 5.11 Å². The lowest BCUT2D eigenvalue weighted by molar-refractivity contribution is 0.0950. The standard InChI is InChI=1S/C25H33N3O.2ClH/c29-25-10-4-8-21-22-9-5-13-28(24(22)12-11-23(21)25)19-16-26-14-17-27(18-15-26)20-6-2-1-3-7-20;;/h1-4,6-8,10,22,24,29H,5,9,11-19H2;2*1H/t22-,24-;;/m1../s1. The minimum atomic E-state index is 0. The van der Waals surface area contributed by atoms with Gasteiger partial charge in [0.2, 0.25) is 0 Å². The Bertz CT molecular complexity index is 827. The largest absolute Gasteiger partial charge is 0.508 e. The van der Waals surface area contributed by atoms with Crippen LogP contribution in [0.15, 0.2) is 48.5 Å². The molecule has 0 saturated carbocycles. The lowest BCUT2D eigenvalue weighted by Crippen LogP contribution is -2.52. The average Bonchev–Trinajstić information content (AvgIpc) is 2.79. The number of halogens is 2. The lowest BCUT2D eigenvalue weighted by Gasteiger charge is -2.46. The summed E-state index contributed by atoms with van der Waals surface area (Å²) in [5.41, 5.74) is 3.99. The Balaban J connectivity index is 0.00000136. The molecule has 5 rings (SSSR count). The highest BCUT2D eigenvalue weighted by molar-refractivity contribution is 5.85. The van der Waals surface area contributed by atoms with Gasteiger partial charge in [-0.15, -0.1) is 24.8 Å². The third-order valence-corrected chi connectivity index (χ3v) is 7.37. The average molecular weight is 464 g/mol. The SMILES string of the molecule is Cl.Cl.Oc1cccc2c1CC[C@@H]1[C@@H]2CCCN1CCN1CCN(c2ccccc2)CC1. The molecular formula is C25H35Cl2N3O. The zero-order valence-corrected chi connectivity index (χ0v) is 19.8. The summed E-state index contributed by atoms with van der Waals surface area (Å²) < 4.78 is 0. The first-order valence-corrected chi connectivity index (χ1v) is 11.4. The number of piperidine rings is 1. The summed E-state index contributed by atoms with van der Waals surface area (Å²) in [6, 6.07) is 17.6. The van der Waals surface area contributed by atoms with E-state index in [1.54, 1.807) is 0 Å². The first-order valence-electron chi connectivity index (χ1n) is 11.4. The van der Waals surface area contributed by atoms with Crippen LogP contribution in [-0.2, 0) is 6.42 Å². The fourth-order valence-corrected chi connectivity index (χ4v) is 5.79. The van der Waals surface area contributed by atoms with Crippen LogP contribution in [0.3, 0.4) is 0 Å². The van der Waals surface area contributed by atoms with Crippen LogP contribution in [0.1, 0.15) is 36.3 Å². The number of anilines is 1. The Labute approximate surface area is 199 Å². The normalized spacial score (nSPS) is 23.8. The molecule has 2 saturated heterocycles. The van der Waals surface area contributed by atoms with E-state index >= 15 is 0 Å². The van der Waals surface area contributed by atoms with Crippen molar-refractivity contribution in [1.29, 1.82) is 0 Å². The Morgan fingerprint density at radius 3 is 2.35 bits per heavy atom. The second kappa shape index (κ2) is 10.9. The summed E-state index contributed by atoms with van der Waals surface area (Å²) in [7, 11) is 0. The number of hydrogen-bond donors (Lipinski definition) is 1. The summed E-state index contributed by atoms with van der Waals surface area (Å²) in [6.45, 7) is 8.17. The van der Waals surface area contributed by atoms with Crippen molar-refractivity contribution in [3.63, 3.8) is 0 Å². The summed E-state index contributed by atoms with van der Waals surface area (Å²) in [4.78, 5) is 7.91. The van der Waals surface area contributed by atoms with Crippen molar-refractivity contribution in [3.05, 3.63) is 59.7 Å². The van der Waals surface area contributed by atoms with Gasteiger partial charge in [0, 0.05) is 51.0 Å². The van der Waals surface area contributed by atoms with E-state index in [-0.39, 0.29) is 24.8 Å². The van der Waals surface area contributed by atoms with Crippen LogP contribution in [0.5, 0.6) is 5.75 Å². The highest BCUT2D eigenvalue weighted by Crippen LogP contribution is 2.43. The number of piperazine rings is 1. The van der Waals surface area contributed by atoms with Gasteiger partial charge >= 0.3 is 0 Å². The maximum absolute atomic E-state index is 10.3. The maximum Gasteiger partial charge on any atom is 0.119 e. The van der Waals surface area contributed by atoms with Crippen LogP contribution >= 0.6 is 24.8 Å². The highest BCUT2D eigenvalue weighted by atomic mass is 35.5. The number of phenols is 1. The van der Waals surface area contributed by atoms with Gasteiger partial charge < -0.3 is 10.0 Å². The molecule has 0 amide bonds. The molecule has 170 valence electrons. The minimum Gasteiger partial charge on any atom is -0.508 e. The third-order valence-electron chi connectivity index (χ3n) is 7.37. The molecule has 0 unspecified atom stereocenters. The van der Waals surface area contributed by atoms with Crippen LogP contribution < -0.4 is 4.90 Å². The molecule has 3 aliphatic rings. The number of aromatic hydroxyl groups is 1. The molecule has 4 nitrogen and oxygen atoms in total. The van der Waals surface area contributed by atoms with Crippen molar-refractivity contribution in [1.82, 2.24) is 9.80 Å². The monoisotopic (exact) mass is 463 g/mol. The number of rotatable bonds is 4. The van der Waals surface area contributed by atoms with E-state index in [4.69, 9.17) is 0 Å². The van der Waals surface area contributed by atoms with Crippen LogP contribution in [0.4, 0.5) is 5.69 Å². The number of fused-ring (bicyclic) bond motifs is 3. The van der Waals surface area contributed by atoms with E-state index in [1.807, 2.05) is 12.1 Å². The molecule has 2 aromatic carbocycles. The molecule has 2 aliphatic heterocycles. The molecule has 2 heterocycles. The van der Waals surface area contributed by atoms with E-state index < -0.39 is 0 Å². The van der Waals surface area contributed by atoms with E-state index in [9.17, 15) is 5.11 Å². The summed E-state index contributed by atoms with van der Waals surface area (Å²) in [6.07, 6.45) is 4.76. The molecule has 2 fully saturated rings. The molecule has 0 bridgehead atoms. The molecule has 1 aliphatic carbocycles. The van der Waals surface area contributed by atoms with Crippen molar-refractivity contribution in [2.75, 3.05) is 50.7 Å². The number of benzene rings is 2. The molecule has 0 radical (unpaired) electrons. The van der Waals surface area contributed by atoms with Gasteiger partial charge in [0.25, 0.3) is 0 Å². The van der Waals surface area contributed by atoms with Gasteiger partial charge in [0.05, 0.1) is 0 Å². The van der Waals surface area contributed by atoms with Crippen LogP contribution in [0.25, 0.3) is 0 Å². The molecule has 0 aromatic heterocycles. The second-order valence-corrected chi connectivity index (χ2v) is 8.90.